The lowest BCUT2D eigenvalue weighted by molar-refractivity contribution is -0.120. The summed E-state index contributed by atoms with van der Waals surface area (Å²) in [5, 5.41) is 15.8. The van der Waals surface area contributed by atoms with Gasteiger partial charge in [0.05, 0.1) is 17.1 Å². The zero-order valence-electron chi connectivity index (χ0n) is 11.3. The van der Waals surface area contributed by atoms with E-state index in [1.54, 1.807) is 6.07 Å². The highest BCUT2D eigenvalue weighted by Gasteiger charge is 2.05. The largest absolute Gasteiger partial charge is 0.369 e. The molecule has 1 aromatic heterocycles. The smallest absolute Gasteiger partial charge is 0.221 e. The minimum absolute atomic E-state index is 0.00120. The maximum atomic E-state index is 11.3. The Morgan fingerprint density at radius 2 is 2.20 bits per heavy atom. The maximum Gasteiger partial charge on any atom is 0.221 e. The van der Waals surface area contributed by atoms with E-state index in [1.165, 1.54) is 0 Å². The number of hydrogen-bond donors (Lipinski definition) is 2. The molecule has 2 N–H and O–H groups in total. The topological polar surface area (TPSA) is 77.8 Å². The summed E-state index contributed by atoms with van der Waals surface area (Å²) < 4.78 is 0. The number of hydrogen-bond acceptors (Lipinski definition) is 4. The Morgan fingerprint density at radius 3 is 2.95 bits per heavy atom. The van der Waals surface area contributed by atoms with Crippen LogP contribution in [0.5, 0.6) is 0 Å². The number of carbonyl (C=O) groups excluding carboxylic acids is 1. The predicted molar refractivity (Wildman–Crippen MR) is 78.2 cm³/mol. The minimum atomic E-state index is 0.00120. The van der Waals surface area contributed by atoms with Gasteiger partial charge in [0.2, 0.25) is 5.91 Å². The Bertz CT molecular complexity index is 660. The van der Waals surface area contributed by atoms with E-state index in [1.807, 2.05) is 31.2 Å². The molecule has 5 heteroatoms. The van der Waals surface area contributed by atoms with Crippen LogP contribution in [-0.2, 0) is 4.79 Å². The van der Waals surface area contributed by atoms with Gasteiger partial charge in [-0.25, -0.2) is 4.98 Å². The number of pyridine rings is 1. The normalized spacial score (nSPS) is 10.0. The van der Waals surface area contributed by atoms with Crippen molar-refractivity contribution in [3.8, 4) is 6.07 Å². The molecule has 0 aliphatic rings. The second-order valence-electron chi connectivity index (χ2n) is 4.31. The SMILES string of the molecule is CCNC(=O)CCNc1cc(C#N)c2ccccc2n1. The third-order valence-electron chi connectivity index (χ3n) is 2.87. The third kappa shape index (κ3) is 3.23. The van der Waals surface area contributed by atoms with Gasteiger partial charge in [0.1, 0.15) is 5.82 Å². The van der Waals surface area contributed by atoms with Gasteiger partial charge in [0.25, 0.3) is 0 Å². The van der Waals surface area contributed by atoms with Crippen LogP contribution in [0.1, 0.15) is 18.9 Å². The first-order chi connectivity index (χ1) is 9.74. The molecule has 0 saturated heterocycles. The van der Waals surface area contributed by atoms with E-state index in [4.69, 9.17) is 0 Å². The van der Waals surface area contributed by atoms with Crippen LogP contribution in [0.25, 0.3) is 10.9 Å². The first-order valence-corrected chi connectivity index (χ1v) is 6.55. The quantitative estimate of drug-likeness (QED) is 0.870. The van der Waals surface area contributed by atoms with Gasteiger partial charge in [-0.3, -0.25) is 4.79 Å². The van der Waals surface area contributed by atoms with E-state index in [0.29, 0.717) is 30.9 Å². The van der Waals surface area contributed by atoms with Gasteiger partial charge in [-0.2, -0.15) is 5.26 Å². The fourth-order valence-corrected chi connectivity index (χ4v) is 1.95. The molecule has 0 unspecified atom stereocenters. The molecular weight excluding hydrogens is 252 g/mol. The number of nitrogens with zero attached hydrogens (tertiary/aromatic N) is 2. The molecular formula is C15H16N4O. The van der Waals surface area contributed by atoms with Crippen molar-refractivity contribution in [2.24, 2.45) is 0 Å². The molecule has 2 aromatic rings. The summed E-state index contributed by atoms with van der Waals surface area (Å²) in [5.74, 6) is 0.617. The van der Waals surface area contributed by atoms with Crippen LogP contribution in [0.3, 0.4) is 0 Å². The molecule has 0 atom stereocenters. The lowest BCUT2D eigenvalue weighted by atomic mass is 10.1. The van der Waals surface area contributed by atoms with Gasteiger partial charge >= 0.3 is 0 Å². The fourth-order valence-electron chi connectivity index (χ4n) is 1.95. The first-order valence-electron chi connectivity index (χ1n) is 6.55. The number of carbonyl (C=O) groups is 1. The van der Waals surface area contributed by atoms with E-state index in [-0.39, 0.29) is 5.91 Å². The standard InChI is InChI=1S/C15H16N4O/c1-2-17-15(20)7-8-18-14-9-11(10-16)12-5-3-4-6-13(12)19-14/h3-6,9H,2,7-8H2,1H3,(H,17,20)(H,18,19). The van der Waals surface area contributed by atoms with Gasteiger partial charge < -0.3 is 10.6 Å². The molecule has 0 spiro atoms. The van der Waals surface area contributed by atoms with Crippen LogP contribution in [-0.4, -0.2) is 24.0 Å². The Morgan fingerprint density at radius 1 is 1.40 bits per heavy atom. The van der Waals surface area contributed by atoms with Crippen molar-refractivity contribution in [2.45, 2.75) is 13.3 Å². The molecule has 1 amide bonds. The summed E-state index contributed by atoms with van der Waals surface area (Å²) in [7, 11) is 0. The van der Waals surface area contributed by atoms with Crippen LogP contribution < -0.4 is 10.6 Å². The number of rotatable bonds is 5. The fraction of sp³-hybridized carbons (Fsp3) is 0.267. The van der Waals surface area contributed by atoms with Crippen molar-refractivity contribution in [1.29, 1.82) is 5.26 Å². The Balaban J connectivity index is 2.11. The number of aromatic nitrogens is 1. The lowest BCUT2D eigenvalue weighted by Crippen LogP contribution is -2.24. The molecule has 0 radical (unpaired) electrons. The molecule has 0 aliphatic carbocycles. The summed E-state index contributed by atoms with van der Waals surface area (Å²) in [5.41, 5.74) is 1.35. The summed E-state index contributed by atoms with van der Waals surface area (Å²) in [6, 6.07) is 11.4. The molecule has 0 aliphatic heterocycles. The molecule has 0 bridgehead atoms. The number of nitriles is 1. The molecule has 0 fully saturated rings. The number of nitrogens with one attached hydrogen (secondary N) is 2. The Hall–Kier alpha value is -2.61. The molecule has 20 heavy (non-hydrogen) atoms. The van der Waals surface area contributed by atoms with Crippen molar-refractivity contribution in [1.82, 2.24) is 10.3 Å². The van der Waals surface area contributed by atoms with Gasteiger partial charge in [-0.1, -0.05) is 18.2 Å². The lowest BCUT2D eigenvalue weighted by Gasteiger charge is -2.08. The maximum absolute atomic E-state index is 11.3. The van der Waals surface area contributed by atoms with E-state index in [0.717, 1.165) is 10.9 Å². The number of benzene rings is 1. The zero-order chi connectivity index (χ0) is 14.4. The van der Waals surface area contributed by atoms with E-state index >= 15 is 0 Å². The van der Waals surface area contributed by atoms with Crippen molar-refractivity contribution in [3.05, 3.63) is 35.9 Å². The number of amides is 1. The van der Waals surface area contributed by atoms with E-state index in [9.17, 15) is 10.1 Å². The highest BCUT2D eigenvalue weighted by atomic mass is 16.1. The summed E-state index contributed by atoms with van der Waals surface area (Å²) >= 11 is 0. The van der Waals surface area contributed by atoms with E-state index < -0.39 is 0 Å². The second-order valence-corrected chi connectivity index (χ2v) is 4.31. The van der Waals surface area contributed by atoms with Crippen molar-refractivity contribution in [3.63, 3.8) is 0 Å². The van der Waals surface area contributed by atoms with Crippen molar-refractivity contribution in [2.75, 3.05) is 18.4 Å². The van der Waals surface area contributed by atoms with E-state index in [2.05, 4.69) is 21.7 Å². The molecule has 1 aromatic carbocycles. The number of para-hydroxylation sites is 1. The molecule has 102 valence electrons. The number of fused-ring (bicyclic) bond motifs is 1. The van der Waals surface area contributed by atoms with Gasteiger partial charge in [0, 0.05) is 24.9 Å². The summed E-state index contributed by atoms with van der Waals surface area (Å²) in [6.45, 7) is 3.00. The van der Waals surface area contributed by atoms with Gasteiger partial charge in [-0.15, -0.1) is 0 Å². The van der Waals surface area contributed by atoms with Crippen molar-refractivity contribution < 1.29 is 4.79 Å². The van der Waals surface area contributed by atoms with Gasteiger partial charge in [-0.05, 0) is 19.1 Å². The highest BCUT2D eigenvalue weighted by Crippen LogP contribution is 2.19. The number of anilines is 1. The monoisotopic (exact) mass is 268 g/mol. The summed E-state index contributed by atoms with van der Waals surface area (Å²) in [6.07, 6.45) is 0.379. The third-order valence-corrected chi connectivity index (χ3v) is 2.87. The zero-order valence-corrected chi connectivity index (χ0v) is 11.3. The van der Waals surface area contributed by atoms with Gasteiger partial charge in [0.15, 0.2) is 0 Å². The average molecular weight is 268 g/mol. The van der Waals surface area contributed by atoms with Crippen LogP contribution in [0.2, 0.25) is 0 Å². The van der Waals surface area contributed by atoms with Crippen LogP contribution >= 0.6 is 0 Å². The second kappa shape index (κ2) is 6.53. The Kier molecular flexibility index (Phi) is 4.51. The molecule has 0 saturated carbocycles. The van der Waals surface area contributed by atoms with Crippen LogP contribution in [0.4, 0.5) is 5.82 Å². The minimum Gasteiger partial charge on any atom is -0.369 e. The Labute approximate surface area is 117 Å². The molecule has 5 nitrogen and oxygen atoms in total. The van der Waals surface area contributed by atoms with Crippen molar-refractivity contribution >= 4 is 22.6 Å². The van der Waals surface area contributed by atoms with Crippen LogP contribution in [0.15, 0.2) is 30.3 Å². The first kappa shape index (κ1) is 13.8. The average Bonchev–Trinajstić information content (AvgIpc) is 2.46. The highest BCUT2D eigenvalue weighted by molar-refractivity contribution is 5.86. The predicted octanol–water partition coefficient (Wildman–Crippen LogP) is 2.04. The summed E-state index contributed by atoms with van der Waals surface area (Å²) in [4.78, 5) is 15.8. The molecule has 2 rings (SSSR count). The van der Waals surface area contributed by atoms with Crippen LogP contribution in [0, 0.1) is 11.3 Å². The molecule has 1 heterocycles.